The topological polar surface area (TPSA) is 17.1 Å². The number of aldehydes is 1. The summed E-state index contributed by atoms with van der Waals surface area (Å²) < 4.78 is 14.0. The van der Waals surface area contributed by atoms with E-state index in [1.807, 2.05) is 32.0 Å². The Labute approximate surface area is 110 Å². The second kappa shape index (κ2) is 4.91. The Morgan fingerprint density at radius 1 is 1.17 bits per heavy atom. The minimum atomic E-state index is -0.414. The lowest BCUT2D eigenvalue weighted by Crippen LogP contribution is -1.94. The zero-order valence-corrected chi connectivity index (χ0v) is 10.9. The molecule has 0 atom stereocenters. The van der Waals surface area contributed by atoms with Gasteiger partial charge in [0.15, 0.2) is 6.29 Å². The highest BCUT2D eigenvalue weighted by Gasteiger charge is 2.13. The van der Waals surface area contributed by atoms with Crippen LogP contribution in [0.4, 0.5) is 4.39 Å². The fraction of sp³-hybridized carbons (Fsp3) is 0.133. The van der Waals surface area contributed by atoms with Gasteiger partial charge < -0.3 is 0 Å². The Bertz CT molecular complexity index is 600. The van der Waals surface area contributed by atoms with E-state index in [-0.39, 0.29) is 5.02 Å². The SMILES string of the molecule is Cc1cccc(C)c1-c1cc(C=O)c(Cl)cc1F. The van der Waals surface area contributed by atoms with E-state index in [2.05, 4.69) is 0 Å². The lowest BCUT2D eigenvalue weighted by atomic mass is 9.94. The molecule has 0 aliphatic heterocycles. The normalized spacial score (nSPS) is 10.4. The molecule has 2 aromatic rings. The molecular weight excluding hydrogens is 251 g/mol. The molecule has 0 saturated carbocycles. The van der Waals surface area contributed by atoms with Gasteiger partial charge in [0.05, 0.1) is 5.02 Å². The highest BCUT2D eigenvalue weighted by molar-refractivity contribution is 6.33. The lowest BCUT2D eigenvalue weighted by molar-refractivity contribution is 0.112. The Morgan fingerprint density at radius 2 is 1.78 bits per heavy atom. The van der Waals surface area contributed by atoms with E-state index >= 15 is 0 Å². The van der Waals surface area contributed by atoms with E-state index in [1.54, 1.807) is 0 Å². The van der Waals surface area contributed by atoms with Crippen LogP contribution in [0.15, 0.2) is 30.3 Å². The van der Waals surface area contributed by atoms with Gasteiger partial charge in [-0.05, 0) is 42.7 Å². The first-order chi connectivity index (χ1) is 8.54. The first-order valence-corrected chi connectivity index (χ1v) is 5.93. The van der Waals surface area contributed by atoms with Gasteiger partial charge in [0.1, 0.15) is 5.82 Å². The maximum absolute atomic E-state index is 14.0. The van der Waals surface area contributed by atoms with Crippen molar-refractivity contribution in [1.82, 2.24) is 0 Å². The fourth-order valence-corrected chi connectivity index (χ4v) is 2.28. The summed E-state index contributed by atoms with van der Waals surface area (Å²) in [5.41, 5.74) is 3.46. The van der Waals surface area contributed by atoms with E-state index in [0.29, 0.717) is 17.4 Å². The number of hydrogen-bond donors (Lipinski definition) is 0. The van der Waals surface area contributed by atoms with Crippen molar-refractivity contribution in [2.75, 3.05) is 0 Å². The molecule has 18 heavy (non-hydrogen) atoms. The molecule has 0 saturated heterocycles. The lowest BCUT2D eigenvalue weighted by Gasteiger charge is -2.12. The maximum Gasteiger partial charge on any atom is 0.151 e. The summed E-state index contributed by atoms with van der Waals surface area (Å²) >= 11 is 5.80. The van der Waals surface area contributed by atoms with Gasteiger partial charge in [0.2, 0.25) is 0 Å². The van der Waals surface area contributed by atoms with Crippen molar-refractivity contribution in [3.63, 3.8) is 0 Å². The number of rotatable bonds is 2. The minimum absolute atomic E-state index is 0.137. The van der Waals surface area contributed by atoms with Gasteiger partial charge in [-0.3, -0.25) is 4.79 Å². The van der Waals surface area contributed by atoms with Crippen molar-refractivity contribution in [3.05, 3.63) is 57.9 Å². The van der Waals surface area contributed by atoms with Crippen LogP contribution < -0.4 is 0 Å². The Morgan fingerprint density at radius 3 is 2.33 bits per heavy atom. The molecular formula is C15H12ClFO. The summed E-state index contributed by atoms with van der Waals surface area (Å²) in [5.74, 6) is -0.414. The number of halogens is 2. The van der Waals surface area contributed by atoms with Gasteiger partial charge >= 0.3 is 0 Å². The van der Waals surface area contributed by atoms with Gasteiger partial charge in [-0.15, -0.1) is 0 Å². The van der Waals surface area contributed by atoms with Crippen LogP contribution in [0, 0.1) is 19.7 Å². The number of hydrogen-bond acceptors (Lipinski definition) is 1. The van der Waals surface area contributed by atoms with Crippen LogP contribution in [0.5, 0.6) is 0 Å². The van der Waals surface area contributed by atoms with Gasteiger partial charge in [0, 0.05) is 11.1 Å². The van der Waals surface area contributed by atoms with Crippen molar-refractivity contribution >= 4 is 17.9 Å². The second-order valence-electron chi connectivity index (χ2n) is 4.24. The Hall–Kier alpha value is -1.67. The summed E-state index contributed by atoms with van der Waals surface area (Å²) in [4.78, 5) is 10.9. The van der Waals surface area contributed by atoms with Crippen molar-refractivity contribution in [2.24, 2.45) is 0 Å². The molecule has 0 aromatic heterocycles. The van der Waals surface area contributed by atoms with Crippen LogP contribution in [0.25, 0.3) is 11.1 Å². The molecule has 0 bridgehead atoms. The van der Waals surface area contributed by atoms with Crippen LogP contribution >= 0.6 is 11.6 Å². The zero-order valence-electron chi connectivity index (χ0n) is 10.1. The molecule has 2 rings (SSSR count). The quantitative estimate of drug-likeness (QED) is 0.724. The second-order valence-corrected chi connectivity index (χ2v) is 4.65. The monoisotopic (exact) mass is 262 g/mol. The summed E-state index contributed by atoms with van der Waals surface area (Å²) in [6.07, 6.45) is 0.638. The summed E-state index contributed by atoms with van der Waals surface area (Å²) in [7, 11) is 0. The largest absolute Gasteiger partial charge is 0.298 e. The van der Waals surface area contributed by atoms with Gasteiger partial charge in [-0.2, -0.15) is 0 Å². The highest BCUT2D eigenvalue weighted by atomic mass is 35.5. The van der Waals surface area contributed by atoms with E-state index in [1.165, 1.54) is 12.1 Å². The maximum atomic E-state index is 14.0. The molecule has 3 heteroatoms. The van der Waals surface area contributed by atoms with E-state index in [0.717, 1.165) is 16.7 Å². The first-order valence-electron chi connectivity index (χ1n) is 5.55. The number of benzene rings is 2. The molecule has 0 radical (unpaired) electrons. The van der Waals surface area contributed by atoms with E-state index < -0.39 is 5.82 Å². The van der Waals surface area contributed by atoms with Crippen LogP contribution in [0.1, 0.15) is 21.5 Å². The number of aryl methyl sites for hydroxylation is 2. The Balaban J connectivity index is 2.75. The van der Waals surface area contributed by atoms with Crippen LogP contribution in [-0.4, -0.2) is 6.29 Å². The summed E-state index contributed by atoms with van der Waals surface area (Å²) in [6, 6.07) is 8.43. The zero-order chi connectivity index (χ0) is 13.3. The third kappa shape index (κ3) is 2.16. The average molecular weight is 263 g/mol. The van der Waals surface area contributed by atoms with Crippen molar-refractivity contribution in [2.45, 2.75) is 13.8 Å². The smallest absolute Gasteiger partial charge is 0.151 e. The van der Waals surface area contributed by atoms with Crippen LogP contribution in [-0.2, 0) is 0 Å². The number of carbonyl (C=O) groups excluding carboxylic acids is 1. The van der Waals surface area contributed by atoms with Crippen LogP contribution in [0.2, 0.25) is 5.02 Å². The molecule has 0 N–H and O–H groups in total. The summed E-state index contributed by atoms with van der Waals surface area (Å²) in [5, 5.41) is 0.137. The van der Waals surface area contributed by atoms with Crippen molar-refractivity contribution in [3.8, 4) is 11.1 Å². The number of carbonyl (C=O) groups is 1. The summed E-state index contributed by atoms with van der Waals surface area (Å²) in [6.45, 7) is 3.83. The fourth-order valence-electron chi connectivity index (χ4n) is 2.09. The van der Waals surface area contributed by atoms with Crippen molar-refractivity contribution < 1.29 is 9.18 Å². The van der Waals surface area contributed by atoms with Gasteiger partial charge in [0.25, 0.3) is 0 Å². The molecule has 0 unspecified atom stereocenters. The molecule has 92 valence electrons. The van der Waals surface area contributed by atoms with Gasteiger partial charge in [-0.1, -0.05) is 29.8 Å². The minimum Gasteiger partial charge on any atom is -0.298 e. The van der Waals surface area contributed by atoms with E-state index in [4.69, 9.17) is 11.6 Å². The molecule has 0 heterocycles. The molecule has 0 aliphatic carbocycles. The van der Waals surface area contributed by atoms with Crippen LogP contribution in [0.3, 0.4) is 0 Å². The molecule has 2 aromatic carbocycles. The molecule has 0 aliphatic rings. The average Bonchev–Trinajstić information content (AvgIpc) is 2.31. The molecule has 0 amide bonds. The predicted octanol–water partition coefficient (Wildman–Crippen LogP) is 4.58. The third-order valence-electron chi connectivity index (χ3n) is 2.96. The molecule has 1 nitrogen and oxygen atoms in total. The van der Waals surface area contributed by atoms with E-state index in [9.17, 15) is 9.18 Å². The third-order valence-corrected chi connectivity index (χ3v) is 3.29. The predicted molar refractivity (Wildman–Crippen MR) is 71.7 cm³/mol. The van der Waals surface area contributed by atoms with Gasteiger partial charge in [-0.25, -0.2) is 4.39 Å². The molecule has 0 spiro atoms. The first kappa shape index (κ1) is 12.8. The standard InChI is InChI=1S/C15H12ClFO/c1-9-4-3-5-10(2)15(9)12-6-11(8-18)13(16)7-14(12)17/h3-8H,1-2H3. The Kier molecular flexibility index (Phi) is 3.48. The highest BCUT2D eigenvalue weighted by Crippen LogP contribution is 2.32. The molecule has 0 fully saturated rings. The van der Waals surface area contributed by atoms with Crippen molar-refractivity contribution in [1.29, 1.82) is 0 Å².